The van der Waals surface area contributed by atoms with Gasteiger partial charge < -0.3 is 18.8 Å². The summed E-state index contributed by atoms with van der Waals surface area (Å²) in [5.74, 6) is 1.36. The smallest absolute Gasteiger partial charge is 0.336 e. The number of hydrogen-bond donors (Lipinski definition) is 0. The van der Waals surface area contributed by atoms with Gasteiger partial charge in [-0.15, -0.1) is 0 Å². The van der Waals surface area contributed by atoms with E-state index in [1.54, 1.807) is 20.1 Å². The summed E-state index contributed by atoms with van der Waals surface area (Å²) < 4.78 is 16.9. The first-order valence-corrected chi connectivity index (χ1v) is 12.2. The lowest BCUT2D eigenvalue weighted by atomic mass is 9.98. The number of piperazine rings is 1. The fourth-order valence-corrected chi connectivity index (χ4v) is 4.83. The molecule has 0 bridgehead atoms. The Morgan fingerprint density at radius 1 is 1.03 bits per heavy atom. The Morgan fingerprint density at radius 3 is 2.51 bits per heavy atom. The molecule has 2 aromatic carbocycles. The van der Waals surface area contributed by atoms with Crippen LogP contribution in [0.4, 0.5) is 5.69 Å². The molecule has 1 saturated heterocycles. The molecule has 1 aliphatic rings. The molecule has 35 heavy (non-hydrogen) atoms. The van der Waals surface area contributed by atoms with Crippen LogP contribution in [-0.2, 0) is 0 Å². The largest absolute Gasteiger partial charge is 0.497 e. The summed E-state index contributed by atoms with van der Waals surface area (Å²) in [6.45, 7) is 10.8. The molecule has 1 fully saturated rings. The summed E-state index contributed by atoms with van der Waals surface area (Å²) in [5, 5.41) is 0.703. The van der Waals surface area contributed by atoms with E-state index in [1.165, 1.54) is 11.8 Å². The van der Waals surface area contributed by atoms with Gasteiger partial charge in [0.1, 0.15) is 17.1 Å². The predicted molar refractivity (Wildman–Crippen MR) is 138 cm³/mol. The lowest BCUT2D eigenvalue weighted by Crippen LogP contribution is -2.46. The van der Waals surface area contributed by atoms with Crippen molar-refractivity contribution >= 4 is 22.4 Å². The SMILES string of the molecule is COc1cccc(N2CCN(CCCCOc3c(C(C)=O)c(C)cc4oc(=O)cc(C)c34)CC2)c1. The van der Waals surface area contributed by atoms with E-state index in [0.29, 0.717) is 28.9 Å². The van der Waals surface area contributed by atoms with Gasteiger partial charge in [-0.25, -0.2) is 4.79 Å². The average molecular weight is 479 g/mol. The molecule has 3 aromatic rings. The van der Waals surface area contributed by atoms with Crippen LogP contribution in [0.1, 0.15) is 41.3 Å². The van der Waals surface area contributed by atoms with Crippen LogP contribution in [-0.4, -0.2) is 57.1 Å². The number of fused-ring (bicyclic) bond motifs is 1. The molecule has 1 aromatic heterocycles. The monoisotopic (exact) mass is 478 g/mol. The van der Waals surface area contributed by atoms with E-state index in [0.717, 1.165) is 62.4 Å². The Hall–Kier alpha value is -3.32. The average Bonchev–Trinajstić information content (AvgIpc) is 2.83. The number of ketones is 1. The molecule has 2 heterocycles. The fourth-order valence-electron chi connectivity index (χ4n) is 4.83. The van der Waals surface area contributed by atoms with Gasteiger partial charge >= 0.3 is 5.63 Å². The molecule has 0 saturated carbocycles. The first-order valence-electron chi connectivity index (χ1n) is 12.2. The minimum absolute atomic E-state index is 0.0566. The number of unbranched alkanes of at least 4 members (excludes halogenated alkanes) is 1. The van der Waals surface area contributed by atoms with E-state index in [-0.39, 0.29) is 5.78 Å². The second-order valence-electron chi connectivity index (χ2n) is 9.16. The van der Waals surface area contributed by atoms with E-state index >= 15 is 0 Å². The number of ether oxygens (including phenoxy) is 2. The molecular formula is C28H34N2O5. The molecule has 1 aliphatic heterocycles. The van der Waals surface area contributed by atoms with Crippen LogP contribution < -0.4 is 20.0 Å². The van der Waals surface area contributed by atoms with Crippen molar-refractivity contribution in [2.24, 2.45) is 0 Å². The van der Waals surface area contributed by atoms with Gasteiger partial charge in [0.15, 0.2) is 5.78 Å². The number of Topliss-reactive ketones (excluding diaryl/α,β-unsaturated/α-hetero) is 1. The van der Waals surface area contributed by atoms with Crippen molar-refractivity contribution in [1.29, 1.82) is 0 Å². The van der Waals surface area contributed by atoms with Crippen molar-refractivity contribution in [3.63, 3.8) is 0 Å². The van der Waals surface area contributed by atoms with Gasteiger partial charge in [0, 0.05) is 44.0 Å². The number of rotatable bonds is 9. The standard InChI is InChI=1S/C28H34N2O5/c1-19-16-24-27(20(2)17-25(32)35-24)28(26(19)21(3)31)34-15-6-5-10-29-11-13-30(14-12-29)22-8-7-9-23(18-22)33-4/h7-9,16-18H,5-6,10-15H2,1-4H3. The van der Waals surface area contributed by atoms with Gasteiger partial charge in [-0.2, -0.15) is 0 Å². The minimum Gasteiger partial charge on any atom is -0.497 e. The molecule has 0 N–H and O–H groups in total. The summed E-state index contributed by atoms with van der Waals surface area (Å²) in [4.78, 5) is 29.1. The van der Waals surface area contributed by atoms with E-state index < -0.39 is 5.63 Å². The van der Waals surface area contributed by atoms with Gasteiger partial charge in [-0.3, -0.25) is 9.69 Å². The quantitative estimate of drug-likeness (QED) is 0.253. The summed E-state index contributed by atoms with van der Waals surface area (Å²) in [6, 6.07) is 11.4. The highest BCUT2D eigenvalue weighted by atomic mass is 16.5. The van der Waals surface area contributed by atoms with Gasteiger partial charge in [0.2, 0.25) is 0 Å². The van der Waals surface area contributed by atoms with E-state index in [2.05, 4.69) is 21.9 Å². The van der Waals surface area contributed by atoms with Crippen LogP contribution in [0.2, 0.25) is 0 Å². The van der Waals surface area contributed by atoms with E-state index in [1.807, 2.05) is 26.0 Å². The Kier molecular flexibility index (Phi) is 7.76. The van der Waals surface area contributed by atoms with Crippen molar-refractivity contribution in [2.45, 2.75) is 33.6 Å². The van der Waals surface area contributed by atoms with Crippen molar-refractivity contribution in [1.82, 2.24) is 4.90 Å². The fraction of sp³-hybridized carbons (Fsp3) is 0.429. The maximum atomic E-state index is 12.4. The van der Waals surface area contributed by atoms with Gasteiger partial charge in [-0.05, 0) is 69.5 Å². The third kappa shape index (κ3) is 5.68. The summed E-state index contributed by atoms with van der Waals surface area (Å²) >= 11 is 0. The molecule has 4 rings (SSSR count). The number of carbonyl (C=O) groups is 1. The molecular weight excluding hydrogens is 444 g/mol. The maximum absolute atomic E-state index is 12.4. The summed E-state index contributed by atoms with van der Waals surface area (Å²) in [6.07, 6.45) is 1.88. The first kappa shape index (κ1) is 24.8. The summed E-state index contributed by atoms with van der Waals surface area (Å²) in [7, 11) is 1.70. The predicted octanol–water partition coefficient (Wildman–Crippen LogP) is 4.60. The first-order chi connectivity index (χ1) is 16.9. The Morgan fingerprint density at radius 2 is 1.80 bits per heavy atom. The lowest BCUT2D eigenvalue weighted by molar-refractivity contribution is 0.101. The maximum Gasteiger partial charge on any atom is 0.336 e. The molecule has 7 nitrogen and oxygen atoms in total. The number of aryl methyl sites for hydroxylation is 2. The van der Waals surface area contributed by atoms with Crippen LogP contribution in [0, 0.1) is 13.8 Å². The molecule has 0 spiro atoms. The van der Waals surface area contributed by atoms with Crippen molar-refractivity contribution in [2.75, 3.05) is 51.3 Å². The van der Waals surface area contributed by atoms with E-state index in [9.17, 15) is 9.59 Å². The van der Waals surface area contributed by atoms with Gasteiger partial charge in [-0.1, -0.05) is 6.07 Å². The van der Waals surface area contributed by atoms with Gasteiger partial charge in [0.25, 0.3) is 0 Å². The lowest BCUT2D eigenvalue weighted by Gasteiger charge is -2.36. The van der Waals surface area contributed by atoms with E-state index in [4.69, 9.17) is 13.9 Å². The number of hydrogen-bond acceptors (Lipinski definition) is 7. The molecule has 186 valence electrons. The minimum atomic E-state index is -0.401. The van der Waals surface area contributed by atoms with Crippen LogP contribution in [0.15, 0.2) is 45.6 Å². The number of nitrogens with zero attached hydrogens (tertiary/aromatic N) is 2. The van der Waals surface area contributed by atoms with Crippen molar-refractivity contribution in [3.05, 3.63) is 63.5 Å². The molecule has 0 radical (unpaired) electrons. The Balaban J connectivity index is 1.32. The van der Waals surface area contributed by atoms with Crippen molar-refractivity contribution in [3.8, 4) is 11.5 Å². The van der Waals surface area contributed by atoms with Gasteiger partial charge in [0.05, 0.1) is 24.7 Å². The molecule has 0 unspecified atom stereocenters. The third-order valence-electron chi connectivity index (χ3n) is 6.64. The molecule has 0 aliphatic carbocycles. The highest BCUT2D eigenvalue weighted by molar-refractivity contribution is 6.04. The van der Waals surface area contributed by atoms with Crippen LogP contribution >= 0.6 is 0 Å². The zero-order valence-corrected chi connectivity index (χ0v) is 21.1. The number of methoxy groups -OCH3 is 1. The summed E-state index contributed by atoms with van der Waals surface area (Å²) in [5.41, 5.74) is 3.33. The van der Waals surface area contributed by atoms with Crippen molar-refractivity contribution < 1.29 is 18.7 Å². The zero-order chi connectivity index (χ0) is 24.9. The zero-order valence-electron chi connectivity index (χ0n) is 21.1. The van der Waals surface area contributed by atoms with Crippen LogP contribution in [0.25, 0.3) is 11.0 Å². The molecule has 0 amide bonds. The Bertz CT molecular complexity index is 1260. The second-order valence-corrected chi connectivity index (χ2v) is 9.16. The number of benzene rings is 2. The topological polar surface area (TPSA) is 72.2 Å². The Labute approximate surface area is 206 Å². The molecule has 0 atom stereocenters. The van der Waals surface area contributed by atoms with Crippen LogP contribution in [0.5, 0.6) is 11.5 Å². The number of anilines is 1. The highest BCUT2D eigenvalue weighted by Crippen LogP contribution is 2.35. The van der Waals surface area contributed by atoms with Crippen LogP contribution in [0.3, 0.4) is 0 Å². The number of carbonyl (C=O) groups excluding carboxylic acids is 1. The molecule has 7 heteroatoms. The highest BCUT2D eigenvalue weighted by Gasteiger charge is 2.20. The second kappa shape index (κ2) is 11.0. The third-order valence-corrected chi connectivity index (χ3v) is 6.64. The normalized spacial score (nSPS) is 14.3.